The van der Waals surface area contributed by atoms with Crippen molar-refractivity contribution in [3.8, 4) is 11.6 Å². The highest BCUT2D eigenvalue weighted by Gasteiger charge is 2.24. The Balaban J connectivity index is 1.81. The van der Waals surface area contributed by atoms with Gasteiger partial charge < -0.3 is 9.80 Å². The third-order valence-corrected chi connectivity index (χ3v) is 6.49. The van der Waals surface area contributed by atoms with Gasteiger partial charge in [-0.3, -0.25) is 9.59 Å². The Morgan fingerprint density at radius 1 is 0.605 bits per heavy atom. The van der Waals surface area contributed by atoms with Gasteiger partial charge in [0.25, 0.3) is 22.8 Å². The van der Waals surface area contributed by atoms with Gasteiger partial charge in [-0.25, -0.2) is 27.9 Å². The predicted octanol–water partition coefficient (Wildman–Crippen LogP) is -1.21. The third-order valence-electron chi connectivity index (χ3n) is 6.49. The molecule has 0 aromatic carbocycles. The average Bonchev–Trinajstić information content (AvgIpc) is 2.90. The van der Waals surface area contributed by atoms with Crippen LogP contribution >= 0.6 is 0 Å². The monoisotopic (exact) mass is 520 g/mol. The summed E-state index contributed by atoms with van der Waals surface area (Å²) in [4.78, 5) is 55.3. The SMILES string of the molecule is CN(C)c1cc[n+](-c2cc(=O)n(C)c(=O)n2CCn2c(-[n+]3ccc(N(C)C)cc3)cc(=O)n(C)c2=O)cc1. The van der Waals surface area contributed by atoms with Crippen LogP contribution in [-0.2, 0) is 27.2 Å². The molecule has 4 aromatic heterocycles. The fourth-order valence-corrected chi connectivity index (χ4v) is 4.10. The van der Waals surface area contributed by atoms with E-state index in [1.165, 1.54) is 35.4 Å². The molecule has 0 spiro atoms. The maximum Gasteiger partial charge on any atom is 0.418 e. The molecule has 0 saturated heterocycles. The first-order chi connectivity index (χ1) is 18.0. The van der Waals surface area contributed by atoms with Gasteiger partial charge in [0.05, 0.1) is 36.9 Å². The topological polar surface area (TPSA) is 102 Å². The summed E-state index contributed by atoms with van der Waals surface area (Å²) in [6.07, 6.45) is 7.08. The summed E-state index contributed by atoms with van der Waals surface area (Å²) in [5.41, 5.74) is -0.00237. The van der Waals surface area contributed by atoms with Gasteiger partial charge in [0.2, 0.25) is 0 Å². The Hall–Kier alpha value is -4.74. The van der Waals surface area contributed by atoms with Crippen LogP contribution in [0.25, 0.3) is 11.6 Å². The molecule has 0 radical (unpaired) electrons. The lowest BCUT2D eigenvalue weighted by molar-refractivity contribution is -0.603. The zero-order valence-electron chi connectivity index (χ0n) is 22.4. The number of hydrogen-bond acceptors (Lipinski definition) is 6. The lowest BCUT2D eigenvalue weighted by Gasteiger charge is -2.13. The van der Waals surface area contributed by atoms with Gasteiger partial charge in [0, 0.05) is 77.9 Å². The molecule has 4 aromatic rings. The van der Waals surface area contributed by atoms with E-state index in [2.05, 4.69) is 0 Å². The van der Waals surface area contributed by atoms with E-state index >= 15 is 0 Å². The summed E-state index contributed by atoms with van der Waals surface area (Å²) in [6.45, 7) is 0.151. The van der Waals surface area contributed by atoms with Gasteiger partial charge in [0.1, 0.15) is 13.1 Å². The molecular formula is C26H32N8O4+2. The van der Waals surface area contributed by atoms with Crippen LogP contribution in [0.15, 0.2) is 80.4 Å². The number of anilines is 2. The molecule has 0 fully saturated rings. The van der Waals surface area contributed by atoms with Crippen molar-refractivity contribution in [2.24, 2.45) is 14.1 Å². The lowest BCUT2D eigenvalue weighted by Crippen LogP contribution is -2.48. The number of pyridine rings is 2. The summed E-state index contributed by atoms with van der Waals surface area (Å²) >= 11 is 0. The molecule has 0 amide bonds. The van der Waals surface area contributed by atoms with E-state index in [4.69, 9.17) is 0 Å². The van der Waals surface area contributed by atoms with Crippen molar-refractivity contribution in [3.63, 3.8) is 0 Å². The van der Waals surface area contributed by atoms with Crippen LogP contribution in [0, 0.1) is 0 Å². The minimum absolute atomic E-state index is 0.0756. The smallest absolute Gasteiger partial charge is 0.377 e. The van der Waals surface area contributed by atoms with Gasteiger partial charge >= 0.3 is 11.4 Å². The molecule has 12 heteroatoms. The first-order valence-electron chi connectivity index (χ1n) is 12.0. The summed E-state index contributed by atoms with van der Waals surface area (Å²) in [5.74, 6) is 0.733. The normalized spacial score (nSPS) is 11.0. The number of nitrogens with zero attached hydrogens (tertiary/aromatic N) is 8. The fraction of sp³-hybridized carbons (Fsp3) is 0.308. The van der Waals surface area contributed by atoms with Crippen LogP contribution in [0.1, 0.15) is 0 Å². The Kier molecular flexibility index (Phi) is 7.15. The molecule has 0 N–H and O–H groups in total. The van der Waals surface area contributed by atoms with E-state index in [0.29, 0.717) is 11.6 Å². The molecule has 0 bridgehead atoms. The van der Waals surface area contributed by atoms with E-state index in [-0.39, 0.29) is 13.1 Å². The molecule has 4 heterocycles. The molecule has 0 saturated carbocycles. The van der Waals surface area contributed by atoms with Crippen molar-refractivity contribution < 1.29 is 9.13 Å². The third kappa shape index (κ3) is 4.92. The Bertz CT molecular complexity index is 1580. The molecule has 38 heavy (non-hydrogen) atoms. The summed E-state index contributed by atoms with van der Waals surface area (Å²) in [6, 6.07) is 10.3. The second kappa shape index (κ2) is 10.3. The van der Waals surface area contributed by atoms with E-state index in [0.717, 1.165) is 20.5 Å². The largest absolute Gasteiger partial charge is 0.418 e. The maximum absolute atomic E-state index is 13.2. The second-order valence-electron chi connectivity index (χ2n) is 9.38. The highest BCUT2D eigenvalue weighted by atomic mass is 16.2. The number of rotatable bonds is 7. The molecule has 0 unspecified atom stereocenters. The van der Waals surface area contributed by atoms with Crippen LogP contribution < -0.4 is 41.4 Å². The van der Waals surface area contributed by atoms with Crippen molar-refractivity contribution in [1.82, 2.24) is 18.3 Å². The predicted molar refractivity (Wildman–Crippen MR) is 144 cm³/mol. The lowest BCUT2D eigenvalue weighted by atomic mass is 10.3. The van der Waals surface area contributed by atoms with Crippen molar-refractivity contribution in [1.29, 1.82) is 0 Å². The van der Waals surface area contributed by atoms with Crippen molar-refractivity contribution in [3.05, 3.63) is 103 Å². The van der Waals surface area contributed by atoms with Crippen LogP contribution in [0.3, 0.4) is 0 Å². The first kappa shape index (κ1) is 26.3. The molecule has 4 rings (SSSR count). The number of hydrogen-bond donors (Lipinski definition) is 0. The van der Waals surface area contributed by atoms with Gasteiger partial charge in [-0.1, -0.05) is 0 Å². The average molecular weight is 521 g/mol. The van der Waals surface area contributed by atoms with Crippen LogP contribution in [0.5, 0.6) is 0 Å². The molecule has 0 aliphatic heterocycles. The molecule has 0 aliphatic rings. The quantitative estimate of drug-likeness (QED) is 0.284. The molecule has 0 atom stereocenters. The second-order valence-corrected chi connectivity index (χ2v) is 9.38. The van der Waals surface area contributed by atoms with Crippen LogP contribution in [0.2, 0.25) is 0 Å². The maximum atomic E-state index is 13.2. The highest BCUT2D eigenvalue weighted by molar-refractivity contribution is 5.42. The molecular weight excluding hydrogens is 488 g/mol. The fourth-order valence-electron chi connectivity index (χ4n) is 4.10. The van der Waals surface area contributed by atoms with Gasteiger partial charge in [-0.05, 0) is 0 Å². The Morgan fingerprint density at radius 3 is 1.21 bits per heavy atom. The van der Waals surface area contributed by atoms with Crippen LogP contribution in [-0.4, -0.2) is 46.5 Å². The molecule has 198 valence electrons. The van der Waals surface area contributed by atoms with E-state index in [9.17, 15) is 19.2 Å². The Morgan fingerprint density at radius 2 is 0.921 bits per heavy atom. The highest BCUT2D eigenvalue weighted by Crippen LogP contribution is 2.09. The number of aromatic nitrogens is 6. The van der Waals surface area contributed by atoms with Crippen LogP contribution in [0.4, 0.5) is 11.4 Å². The first-order valence-corrected chi connectivity index (χ1v) is 12.0. The van der Waals surface area contributed by atoms with Crippen molar-refractivity contribution in [2.75, 3.05) is 38.0 Å². The van der Waals surface area contributed by atoms with Gasteiger partial charge in [-0.15, -0.1) is 0 Å². The minimum atomic E-state index is -0.515. The van der Waals surface area contributed by atoms with Gasteiger partial charge in [0.15, 0.2) is 0 Å². The van der Waals surface area contributed by atoms with Crippen molar-refractivity contribution >= 4 is 11.4 Å². The van der Waals surface area contributed by atoms with E-state index in [1.54, 1.807) is 33.9 Å². The minimum Gasteiger partial charge on any atom is -0.377 e. The van der Waals surface area contributed by atoms with Gasteiger partial charge in [-0.2, -0.15) is 9.13 Å². The summed E-state index contributed by atoms with van der Waals surface area (Å²) in [5, 5.41) is 0. The van der Waals surface area contributed by atoms with E-state index < -0.39 is 22.5 Å². The summed E-state index contributed by atoms with van der Waals surface area (Å²) < 4.78 is 8.31. The summed E-state index contributed by atoms with van der Waals surface area (Å²) in [7, 11) is 10.5. The zero-order chi connectivity index (χ0) is 27.7. The van der Waals surface area contributed by atoms with E-state index in [1.807, 2.05) is 62.3 Å². The standard InChI is InChI=1S/C26H32N8O4/c1-27(2)19-7-11-31(12-8-19)21-17-23(35)29(5)25(37)33(21)15-16-34-22(18-24(36)30(6)26(34)38)32-13-9-20(10-14-32)28(3)4/h7-14,17-18H,15-16H2,1-6H3/q+2. The zero-order valence-corrected chi connectivity index (χ0v) is 22.4. The molecule has 12 nitrogen and oxygen atoms in total. The molecule has 0 aliphatic carbocycles. The Labute approximate surface area is 218 Å². The van der Waals surface area contributed by atoms with Crippen molar-refractivity contribution in [2.45, 2.75) is 13.1 Å².